The van der Waals surface area contributed by atoms with Crippen molar-refractivity contribution in [3.63, 3.8) is 0 Å². The third-order valence-corrected chi connectivity index (χ3v) is 5.68. The van der Waals surface area contributed by atoms with E-state index in [4.69, 9.17) is 4.74 Å². The van der Waals surface area contributed by atoms with Gasteiger partial charge < -0.3 is 21.9 Å². The maximum absolute atomic E-state index is 13.2. The van der Waals surface area contributed by atoms with Gasteiger partial charge in [-0.05, 0) is 41.8 Å². The number of carboxylic acid groups (broad SMARTS) is 1. The van der Waals surface area contributed by atoms with Crippen molar-refractivity contribution in [3.8, 4) is 5.75 Å². The minimum absolute atomic E-state index is 0. The largest absolute Gasteiger partial charge is 1.00 e. The van der Waals surface area contributed by atoms with Gasteiger partial charge in [0.15, 0.2) is 0 Å². The molecule has 0 unspecified atom stereocenters. The maximum Gasteiger partial charge on any atom is 1.00 e. The summed E-state index contributed by atoms with van der Waals surface area (Å²) >= 11 is 0. The molecule has 2 amide bonds. The molecule has 0 fully saturated rings. The molecule has 8 heteroatoms. The van der Waals surface area contributed by atoms with Crippen molar-refractivity contribution >= 4 is 17.8 Å². The molecule has 190 valence electrons. The Balaban J connectivity index is 0.00000361. The van der Waals surface area contributed by atoms with Crippen molar-refractivity contribution in [2.24, 2.45) is 0 Å². The van der Waals surface area contributed by atoms with Gasteiger partial charge in [0.2, 0.25) is 5.91 Å². The summed E-state index contributed by atoms with van der Waals surface area (Å²) in [7, 11) is 0. The molecule has 0 aliphatic heterocycles. The molecule has 0 aliphatic carbocycles. The van der Waals surface area contributed by atoms with Crippen LogP contribution in [0.4, 0.5) is 0 Å². The Morgan fingerprint density at radius 3 is 1.97 bits per heavy atom. The molecule has 3 aromatic carbocycles. The number of rotatable bonds is 13. The summed E-state index contributed by atoms with van der Waals surface area (Å²) in [4.78, 5) is 38.0. The molecule has 3 N–H and O–H groups in total. The number of ether oxygens (including phenoxy) is 1. The maximum atomic E-state index is 13.2. The predicted octanol–water partition coefficient (Wildman–Crippen LogP) is 1.14. The Morgan fingerprint density at radius 1 is 0.811 bits per heavy atom. The van der Waals surface area contributed by atoms with Crippen molar-refractivity contribution in [2.45, 2.75) is 44.7 Å². The quantitative estimate of drug-likeness (QED) is 0.235. The topological polar surface area (TPSA) is 105 Å². The SMILES string of the molecule is CCCCOc1ccc(C[C@H](NC(=O)[C@H](Cc2ccccc2)NC(=O)c2ccccc2)C(=O)O)cc1.[H-].[Na+]. The Labute approximate surface area is 241 Å². The standard InChI is InChI=1S/C29H32N2O5.Na.H/c1-2-3-18-36-24-16-14-22(15-17-24)20-26(29(34)35)31-28(33)25(19-21-10-6-4-7-11-21)30-27(32)23-12-8-5-9-13-23;;/h4-17,25-26H,2-3,18-20H2,1H3,(H,30,32)(H,31,33)(H,34,35);;/q;+1;-1/t25-,26-;;/m0../s1. The van der Waals surface area contributed by atoms with Gasteiger partial charge >= 0.3 is 35.5 Å². The molecule has 2 atom stereocenters. The molecule has 0 saturated carbocycles. The molecular formula is C29H33N2NaO5. The minimum atomic E-state index is -1.16. The van der Waals surface area contributed by atoms with E-state index in [1.165, 1.54) is 0 Å². The van der Waals surface area contributed by atoms with Crippen LogP contribution in [0.25, 0.3) is 0 Å². The van der Waals surface area contributed by atoms with Crippen LogP contribution in [0.15, 0.2) is 84.9 Å². The summed E-state index contributed by atoms with van der Waals surface area (Å²) in [6, 6.07) is 22.9. The van der Waals surface area contributed by atoms with Crippen LogP contribution in [0.3, 0.4) is 0 Å². The number of nitrogens with one attached hydrogen (secondary N) is 2. The summed E-state index contributed by atoms with van der Waals surface area (Å²) in [6.45, 7) is 2.71. The number of aliphatic carboxylic acids is 1. The van der Waals surface area contributed by atoms with Crippen molar-refractivity contribution in [3.05, 3.63) is 102 Å². The van der Waals surface area contributed by atoms with Crippen LogP contribution < -0.4 is 44.9 Å². The summed E-state index contributed by atoms with van der Waals surface area (Å²) in [5.41, 5.74) is 2.01. The third-order valence-electron chi connectivity index (χ3n) is 5.68. The molecule has 7 nitrogen and oxygen atoms in total. The van der Waals surface area contributed by atoms with Crippen LogP contribution in [0.2, 0.25) is 0 Å². The van der Waals surface area contributed by atoms with E-state index in [1.807, 2.05) is 30.3 Å². The molecular weight excluding hydrogens is 479 g/mol. The van der Waals surface area contributed by atoms with E-state index in [-0.39, 0.29) is 43.8 Å². The second kappa shape index (κ2) is 15.9. The van der Waals surface area contributed by atoms with E-state index in [0.717, 1.165) is 29.7 Å². The Morgan fingerprint density at radius 2 is 1.38 bits per heavy atom. The van der Waals surface area contributed by atoms with Gasteiger partial charge in [0.25, 0.3) is 5.91 Å². The fourth-order valence-corrected chi connectivity index (χ4v) is 3.65. The van der Waals surface area contributed by atoms with E-state index in [2.05, 4.69) is 17.6 Å². The Kier molecular flexibility index (Phi) is 12.9. The van der Waals surface area contributed by atoms with E-state index >= 15 is 0 Å². The number of hydrogen-bond donors (Lipinski definition) is 3. The van der Waals surface area contributed by atoms with E-state index in [9.17, 15) is 19.5 Å². The van der Waals surface area contributed by atoms with Gasteiger partial charge in [-0.3, -0.25) is 9.59 Å². The fourth-order valence-electron chi connectivity index (χ4n) is 3.65. The first-order valence-electron chi connectivity index (χ1n) is 12.1. The Hall–Kier alpha value is -3.13. The van der Waals surface area contributed by atoms with Crippen molar-refractivity contribution < 1.29 is 55.2 Å². The van der Waals surface area contributed by atoms with Gasteiger partial charge in [0.1, 0.15) is 17.8 Å². The summed E-state index contributed by atoms with van der Waals surface area (Å²) in [6.07, 6.45) is 2.32. The smallest absolute Gasteiger partial charge is 1.00 e. The van der Waals surface area contributed by atoms with Crippen LogP contribution in [0.1, 0.15) is 42.7 Å². The molecule has 0 radical (unpaired) electrons. The number of unbranched alkanes of at least 4 members (excludes halogenated alkanes) is 1. The summed E-state index contributed by atoms with van der Waals surface area (Å²) < 4.78 is 5.65. The van der Waals surface area contributed by atoms with Gasteiger partial charge in [0, 0.05) is 18.4 Å². The molecule has 0 saturated heterocycles. The average molecular weight is 513 g/mol. The van der Waals surface area contributed by atoms with Crippen LogP contribution in [0, 0.1) is 0 Å². The molecule has 3 rings (SSSR count). The van der Waals surface area contributed by atoms with E-state index in [1.54, 1.807) is 54.6 Å². The molecule has 37 heavy (non-hydrogen) atoms. The minimum Gasteiger partial charge on any atom is -1.00 e. The number of benzene rings is 3. The van der Waals surface area contributed by atoms with E-state index in [0.29, 0.717) is 12.2 Å². The normalized spacial score (nSPS) is 11.9. The first kappa shape index (κ1) is 30.1. The third kappa shape index (κ3) is 10.0. The van der Waals surface area contributed by atoms with Crippen molar-refractivity contribution in [2.75, 3.05) is 6.61 Å². The monoisotopic (exact) mass is 512 g/mol. The zero-order valence-electron chi connectivity index (χ0n) is 22.4. The molecule has 0 aromatic heterocycles. The zero-order valence-corrected chi connectivity index (χ0v) is 23.4. The number of carbonyl (C=O) groups is 3. The average Bonchev–Trinajstić information content (AvgIpc) is 2.90. The van der Waals surface area contributed by atoms with Gasteiger partial charge in [-0.1, -0.05) is 74.0 Å². The molecule has 0 heterocycles. The van der Waals surface area contributed by atoms with Crippen molar-refractivity contribution in [1.29, 1.82) is 0 Å². The first-order chi connectivity index (χ1) is 17.5. The van der Waals surface area contributed by atoms with Crippen LogP contribution in [0.5, 0.6) is 5.75 Å². The summed E-state index contributed by atoms with van der Waals surface area (Å²) in [5.74, 6) is -1.40. The van der Waals surface area contributed by atoms with Crippen LogP contribution in [-0.4, -0.2) is 41.6 Å². The summed E-state index contributed by atoms with van der Waals surface area (Å²) in [5, 5.41) is 15.2. The van der Waals surface area contributed by atoms with Crippen molar-refractivity contribution in [1.82, 2.24) is 10.6 Å². The van der Waals surface area contributed by atoms with E-state index < -0.39 is 29.9 Å². The number of hydrogen-bond acceptors (Lipinski definition) is 4. The molecule has 3 aromatic rings. The zero-order chi connectivity index (χ0) is 25.8. The second-order valence-electron chi connectivity index (χ2n) is 8.53. The molecule has 0 bridgehead atoms. The Bertz CT molecular complexity index is 1130. The van der Waals surface area contributed by atoms with Gasteiger partial charge in [-0.15, -0.1) is 0 Å². The number of carbonyl (C=O) groups excluding carboxylic acids is 2. The van der Waals surface area contributed by atoms with Gasteiger partial charge in [-0.25, -0.2) is 4.79 Å². The second-order valence-corrected chi connectivity index (χ2v) is 8.53. The first-order valence-corrected chi connectivity index (χ1v) is 12.1. The molecule has 0 aliphatic rings. The van der Waals surface area contributed by atoms with Gasteiger partial charge in [0.05, 0.1) is 6.61 Å². The van der Waals surface area contributed by atoms with Crippen LogP contribution >= 0.6 is 0 Å². The number of carboxylic acids is 1. The van der Waals surface area contributed by atoms with Gasteiger partial charge in [-0.2, -0.15) is 0 Å². The fraction of sp³-hybridized carbons (Fsp3) is 0.276. The molecule has 0 spiro atoms. The number of amides is 2. The predicted molar refractivity (Wildman–Crippen MR) is 139 cm³/mol. The van der Waals surface area contributed by atoms with Crippen LogP contribution in [-0.2, 0) is 22.4 Å².